The van der Waals surface area contributed by atoms with Gasteiger partial charge in [0.2, 0.25) is 0 Å². The molecule has 0 saturated carbocycles. The number of hydrogen-bond acceptors (Lipinski definition) is 6. The van der Waals surface area contributed by atoms with Gasteiger partial charge in [-0.25, -0.2) is 4.99 Å². The van der Waals surface area contributed by atoms with Crippen molar-refractivity contribution in [3.8, 4) is 28.0 Å². The first-order valence-corrected chi connectivity index (χ1v) is 23.2. The fraction of sp³-hybridized carbons (Fsp3) is 0.111. The molecular formula is C63H63ClN4O2. The summed E-state index contributed by atoms with van der Waals surface area (Å²) in [6, 6.07) is 48.1. The minimum Gasteiger partial charge on any atom is -0.508 e. The molecule has 0 aliphatic rings. The Balaban J connectivity index is 0.000000229. The van der Waals surface area contributed by atoms with Crippen LogP contribution < -0.4 is 0 Å². The number of furan rings is 1. The van der Waals surface area contributed by atoms with Crippen LogP contribution in [0.3, 0.4) is 0 Å². The summed E-state index contributed by atoms with van der Waals surface area (Å²) in [5.74, 6) is 1.10. The Morgan fingerprint density at radius 1 is 0.671 bits per heavy atom. The van der Waals surface area contributed by atoms with Crippen molar-refractivity contribution in [2.45, 2.75) is 48.0 Å². The molecule has 0 amide bonds. The zero-order chi connectivity index (χ0) is 50.8. The van der Waals surface area contributed by atoms with Crippen LogP contribution in [0, 0.1) is 13.8 Å². The quantitative estimate of drug-likeness (QED) is 0.0606. The number of aliphatic imine (C=N–C) groups is 2. The van der Waals surface area contributed by atoms with Crippen LogP contribution in [0.5, 0.6) is 5.75 Å². The lowest BCUT2D eigenvalue weighted by molar-refractivity contribution is 0.471. The SMILES string of the molecule is C=C.C=C(Cl)/N=C(/c1ccc(CC)cc1)c1oc2ccccc2c1C.C=C(N=C(C)c1ccc(-c2cccnc2)cc1)c1ccc(-c2cccnc2)cc1.C=C/C(C)=C\C=C/C.Cc1ccccc1O. The molecule has 354 valence electrons. The molecule has 0 fully saturated rings. The summed E-state index contributed by atoms with van der Waals surface area (Å²) in [7, 11) is 0. The molecule has 0 spiro atoms. The maximum Gasteiger partial charge on any atom is 0.157 e. The lowest BCUT2D eigenvalue weighted by Gasteiger charge is -2.07. The Morgan fingerprint density at radius 3 is 1.69 bits per heavy atom. The molecular weight excluding hydrogens is 880 g/mol. The third-order valence-corrected chi connectivity index (χ3v) is 10.8. The Hall–Kier alpha value is -8.19. The van der Waals surface area contributed by atoms with E-state index in [2.05, 4.69) is 109 Å². The summed E-state index contributed by atoms with van der Waals surface area (Å²) in [4.78, 5) is 17.5. The standard InChI is InChI=1S/C26H21N3.C20H18ClNO.C8H12.C7H8O.C2H4/c1-19(21-7-11-23(12-8-21)25-5-3-15-27-17-25)29-20(2)22-9-13-24(14-10-22)26-6-4-16-28-18-26;1-4-15-9-11-16(12-10-15)19(22-14(3)21)20-13(2)17-7-5-6-8-18(17)23-20;1-4-6-7-8(3)5-2;1-6-4-2-3-5-7(6)8;1-2/h3-18H,1H2,2H3;5-12H,3-4H2,1-2H3;4-7H,2H2,1,3H3;2-5,8H,1H3;1-2H2/b;22-19-;6-4-,8-7-;;. The van der Waals surface area contributed by atoms with Crippen molar-refractivity contribution in [2.24, 2.45) is 9.98 Å². The Morgan fingerprint density at radius 2 is 1.21 bits per heavy atom. The molecule has 0 unspecified atom stereocenters. The van der Waals surface area contributed by atoms with E-state index in [4.69, 9.17) is 26.1 Å². The van der Waals surface area contributed by atoms with Crippen LogP contribution in [0.1, 0.15) is 66.8 Å². The number of pyridine rings is 2. The van der Waals surface area contributed by atoms with Crippen molar-refractivity contribution < 1.29 is 9.52 Å². The van der Waals surface area contributed by atoms with Gasteiger partial charge in [-0.05, 0) is 110 Å². The molecule has 70 heavy (non-hydrogen) atoms. The fourth-order valence-corrected chi connectivity index (χ4v) is 6.79. The molecule has 3 heterocycles. The number of allylic oxidation sites excluding steroid dienone is 5. The number of aromatic hydroxyl groups is 1. The van der Waals surface area contributed by atoms with Crippen molar-refractivity contribution in [2.75, 3.05) is 0 Å². The van der Waals surface area contributed by atoms with Crippen LogP contribution in [-0.2, 0) is 6.42 Å². The largest absolute Gasteiger partial charge is 0.508 e. The molecule has 8 rings (SSSR count). The van der Waals surface area contributed by atoms with E-state index in [1.807, 2.05) is 156 Å². The number of aromatic nitrogens is 2. The maximum absolute atomic E-state index is 8.92. The third-order valence-electron chi connectivity index (χ3n) is 10.7. The number of hydrogen-bond donors (Lipinski definition) is 1. The number of nitrogens with zero attached hydrogens (tertiary/aromatic N) is 4. The van der Waals surface area contributed by atoms with E-state index in [0.29, 0.717) is 11.5 Å². The van der Waals surface area contributed by atoms with Crippen molar-refractivity contribution in [1.82, 2.24) is 9.97 Å². The molecule has 0 radical (unpaired) electrons. The molecule has 0 aliphatic heterocycles. The highest BCUT2D eigenvalue weighted by molar-refractivity contribution is 6.30. The topological polar surface area (TPSA) is 83.9 Å². The van der Waals surface area contributed by atoms with Crippen LogP contribution in [0.2, 0.25) is 0 Å². The van der Waals surface area contributed by atoms with Gasteiger partial charge in [0.1, 0.15) is 22.2 Å². The second-order valence-corrected chi connectivity index (χ2v) is 16.1. The van der Waals surface area contributed by atoms with Crippen LogP contribution in [-0.4, -0.2) is 26.5 Å². The summed E-state index contributed by atoms with van der Waals surface area (Å²) in [6.07, 6.45) is 16.1. The summed E-state index contributed by atoms with van der Waals surface area (Å²) in [5.41, 5.74) is 15.2. The first-order valence-electron chi connectivity index (χ1n) is 22.9. The minimum absolute atomic E-state index is 0.236. The van der Waals surface area contributed by atoms with E-state index >= 15 is 0 Å². The third kappa shape index (κ3) is 16.5. The highest BCUT2D eigenvalue weighted by Crippen LogP contribution is 2.29. The Labute approximate surface area is 420 Å². The summed E-state index contributed by atoms with van der Waals surface area (Å²) in [6.45, 7) is 29.5. The second kappa shape index (κ2) is 28.9. The number of para-hydroxylation sites is 2. The smallest absolute Gasteiger partial charge is 0.157 e. The lowest BCUT2D eigenvalue weighted by atomic mass is 10.0. The molecule has 1 N–H and O–H groups in total. The van der Waals surface area contributed by atoms with Gasteiger partial charge >= 0.3 is 0 Å². The van der Waals surface area contributed by atoms with Crippen LogP contribution >= 0.6 is 11.6 Å². The number of phenolic OH excluding ortho intramolecular Hbond substituents is 1. The predicted molar refractivity (Wildman–Crippen MR) is 301 cm³/mol. The average Bonchev–Trinajstić information content (AvgIpc) is 3.75. The van der Waals surface area contributed by atoms with E-state index in [1.54, 1.807) is 18.5 Å². The molecule has 0 bridgehead atoms. The first kappa shape index (κ1) is 54.4. The average molecular weight is 944 g/mol. The van der Waals surface area contributed by atoms with Gasteiger partial charge in [0, 0.05) is 47.0 Å². The van der Waals surface area contributed by atoms with E-state index in [-0.39, 0.29) is 5.16 Å². The van der Waals surface area contributed by atoms with Crippen molar-refractivity contribution in [1.29, 1.82) is 0 Å². The Kier molecular flexibility index (Phi) is 22.4. The number of fused-ring (bicyclic) bond motifs is 1. The fourth-order valence-electron chi connectivity index (χ4n) is 6.70. The predicted octanol–water partition coefficient (Wildman–Crippen LogP) is 17.3. The number of benzene rings is 5. The van der Waals surface area contributed by atoms with Gasteiger partial charge in [0.05, 0.1) is 5.70 Å². The monoisotopic (exact) mass is 942 g/mol. The lowest BCUT2D eigenvalue weighted by Crippen LogP contribution is -2.04. The highest BCUT2D eigenvalue weighted by Gasteiger charge is 2.18. The maximum atomic E-state index is 8.92. The normalized spacial score (nSPS) is 11.1. The van der Waals surface area contributed by atoms with Crippen LogP contribution in [0.15, 0.2) is 253 Å². The number of phenols is 1. The van der Waals surface area contributed by atoms with Gasteiger partial charge in [-0.3, -0.25) is 15.0 Å². The van der Waals surface area contributed by atoms with Crippen LogP contribution in [0.4, 0.5) is 0 Å². The summed E-state index contributed by atoms with van der Waals surface area (Å²) in [5, 5.41) is 10.2. The molecule has 0 atom stereocenters. The second-order valence-electron chi connectivity index (χ2n) is 15.6. The van der Waals surface area contributed by atoms with Gasteiger partial charge in [-0.15, -0.1) is 13.2 Å². The molecule has 5 aromatic carbocycles. The first-order chi connectivity index (χ1) is 33.9. The Bertz CT molecular complexity index is 3010. The van der Waals surface area contributed by atoms with Crippen molar-refractivity contribution >= 4 is 39.7 Å². The van der Waals surface area contributed by atoms with E-state index in [9.17, 15) is 0 Å². The van der Waals surface area contributed by atoms with E-state index < -0.39 is 0 Å². The number of rotatable bonds is 11. The summed E-state index contributed by atoms with van der Waals surface area (Å²) < 4.78 is 6.04. The molecule has 6 nitrogen and oxygen atoms in total. The van der Waals surface area contributed by atoms with E-state index in [1.165, 1.54) is 11.1 Å². The number of aryl methyl sites for hydroxylation is 3. The molecule has 3 aromatic heterocycles. The van der Waals surface area contributed by atoms with E-state index in [0.717, 1.165) is 84.6 Å². The van der Waals surface area contributed by atoms with Gasteiger partial charge < -0.3 is 9.52 Å². The number of halogens is 1. The van der Waals surface area contributed by atoms with Gasteiger partial charge in [0.25, 0.3) is 0 Å². The van der Waals surface area contributed by atoms with Crippen molar-refractivity contribution in [3.05, 3.63) is 277 Å². The van der Waals surface area contributed by atoms with Crippen LogP contribution in [0.25, 0.3) is 38.9 Å². The van der Waals surface area contributed by atoms with Gasteiger partial charge in [-0.2, -0.15) is 0 Å². The zero-order valence-corrected chi connectivity index (χ0v) is 42.0. The van der Waals surface area contributed by atoms with Gasteiger partial charge in [-0.1, -0.05) is 189 Å². The molecule has 0 saturated heterocycles. The molecule has 0 aliphatic carbocycles. The zero-order valence-electron chi connectivity index (χ0n) is 41.2. The highest BCUT2D eigenvalue weighted by atomic mass is 35.5. The molecule has 8 aromatic rings. The summed E-state index contributed by atoms with van der Waals surface area (Å²) >= 11 is 5.96. The van der Waals surface area contributed by atoms with Crippen molar-refractivity contribution in [3.63, 3.8) is 0 Å². The van der Waals surface area contributed by atoms with Gasteiger partial charge in [0.15, 0.2) is 5.76 Å². The molecule has 7 heteroatoms. The minimum atomic E-state index is 0.236.